The fourth-order valence-corrected chi connectivity index (χ4v) is 2.02. The second-order valence-corrected chi connectivity index (χ2v) is 4.99. The van der Waals surface area contributed by atoms with Gasteiger partial charge in [0.05, 0.1) is 5.69 Å². The molecule has 0 atom stereocenters. The average Bonchev–Trinajstić information content (AvgIpc) is 2.82. The lowest BCUT2D eigenvalue weighted by Crippen LogP contribution is -2.43. The maximum absolute atomic E-state index is 12.2. The Bertz CT molecular complexity index is 746. The zero-order valence-corrected chi connectivity index (χ0v) is 13.0. The number of hydrazine groups is 1. The summed E-state index contributed by atoms with van der Waals surface area (Å²) < 4.78 is 30.0. The van der Waals surface area contributed by atoms with Crippen molar-refractivity contribution in [1.29, 1.82) is 0 Å². The Morgan fingerprint density at radius 1 is 1.25 bits per heavy atom. The van der Waals surface area contributed by atoms with E-state index in [1.54, 1.807) is 13.8 Å². The molecule has 1 aromatic carbocycles. The Balaban J connectivity index is 1.90. The summed E-state index contributed by atoms with van der Waals surface area (Å²) >= 11 is 0. The van der Waals surface area contributed by atoms with Crippen LogP contribution in [0.4, 0.5) is 8.78 Å². The van der Waals surface area contributed by atoms with Crippen LogP contribution in [0.3, 0.4) is 0 Å². The molecule has 2 N–H and O–H groups in total. The normalized spacial score (nSPS) is 10.5. The van der Waals surface area contributed by atoms with Crippen LogP contribution in [-0.2, 0) is 11.3 Å². The third-order valence-electron chi connectivity index (χ3n) is 3.03. The summed E-state index contributed by atoms with van der Waals surface area (Å²) in [5.74, 6) is -1.28. The Morgan fingerprint density at radius 3 is 2.62 bits per heavy atom. The lowest BCUT2D eigenvalue weighted by atomic mass is 10.2. The molecule has 2 aromatic rings. The molecule has 0 saturated carbocycles. The first kappa shape index (κ1) is 17.4. The van der Waals surface area contributed by atoms with E-state index in [1.165, 1.54) is 22.9 Å². The highest BCUT2D eigenvalue weighted by atomic mass is 19.3. The molecule has 9 heteroatoms. The van der Waals surface area contributed by atoms with E-state index in [-0.39, 0.29) is 17.9 Å². The molecule has 1 heterocycles. The van der Waals surface area contributed by atoms with E-state index < -0.39 is 18.4 Å². The van der Waals surface area contributed by atoms with Crippen molar-refractivity contribution >= 4 is 11.8 Å². The topological polar surface area (TPSA) is 85.2 Å². The Morgan fingerprint density at radius 2 is 2.00 bits per heavy atom. The van der Waals surface area contributed by atoms with Gasteiger partial charge in [0, 0.05) is 11.3 Å². The molecule has 0 aliphatic rings. The maximum Gasteiger partial charge on any atom is 0.387 e. The first-order chi connectivity index (χ1) is 11.3. The number of benzene rings is 1. The van der Waals surface area contributed by atoms with Gasteiger partial charge >= 0.3 is 6.61 Å². The van der Waals surface area contributed by atoms with Gasteiger partial charge in [-0.05, 0) is 38.1 Å². The molecule has 0 radical (unpaired) electrons. The van der Waals surface area contributed by atoms with Gasteiger partial charge in [0.25, 0.3) is 11.8 Å². The van der Waals surface area contributed by atoms with Gasteiger partial charge in [-0.3, -0.25) is 25.1 Å². The van der Waals surface area contributed by atoms with Crippen LogP contribution in [0.1, 0.15) is 21.7 Å². The molecule has 24 heavy (non-hydrogen) atoms. The number of rotatable bonds is 5. The summed E-state index contributed by atoms with van der Waals surface area (Å²) in [7, 11) is 0. The molecule has 0 spiro atoms. The molecule has 0 saturated heterocycles. The van der Waals surface area contributed by atoms with Gasteiger partial charge in [0.2, 0.25) is 0 Å². The number of halogens is 2. The van der Waals surface area contributed by atoms with Crippen LogP contribution in [0.2, 0.25) is 0 Å². The van der Waals surface area contributed by atoms with E-state index in [9.17, 15) is 18.4 Å². The molecule has 128 valence electrons. The van der Waals surface area contributed by atoms with Crippen LogP contribution in [0.5, 0.6) is 5.75 Å². The average molecular weight is 338 g/mol. The van der Waals surface area contributed by atoms with Gasteiger partial charge in [-0.2, -0.15) is 13.9 Å². The molecule has 0 unspecified atom stereocenters. The number of nitrogens with zero attached hydrogens (tertiary/aromatic N) is 2. The van der Waals surface area contributed by atoms with Crippen molar-refractivity contribution in [2.45, 2.75) is 27.0 Å². The van der Waals surface area contributed by atoms with Crippen molar-refractivity contribution in [2.75, 3.05) is 0 Å². The summed E-state index contributed by atoms with van der Waals surface area (Å²) in [6.07, 6.45) is 0. The van der Waals surface area contributed by atoms with Crippen molar-refractivity contribution in [2.24, 2.45) is 0 Å². The molecular weight excluding hydrogens is 322 g/mol. The second-order valence-electron chi connectivity index (χ2n) is 4.99. The number of aromatic nitrogens is 2. The molecule has 7 nitrogen and oxygen atoms in total. The van der Waals surface area contributed by atoms with E-state index >= 15 is 0 Å². The highest BCUT2D eigenvalue weighted by Crippen LogP contribution is 2.15. The van der Waals surface area contributed by atoms with E-state index in [0.717, 1.165) is 17.5 Å². The number of ether oxygens (including phenoxy) is 1. The zero-order valence-electron chi connectivity index (χ0n) is 13.0. The molecule has 1 aromatic heterocycles. The highest BCUT2D eigenvalue weighted by Gasteiger charge is 2.11. The lowest BCUT2D eigenvalue weighted by molar-refractivity contribution is -0.122. The number of nitrogens with one attached hydrogen (secondary N) is 2. The van der Waals surface area contributed by atoms with Crippen molar-refractivity contribution in [1.82, 2.24) is 20.6 Å². The van der Waals surface area contributed by atoms with Gasteiger partial charge in [-0.1, -0.05) is 6.07 Å². The van der Waals surface area contributed by atoms with Crippen molar-refractivity contribution in [3.05, 3.63) is 47.3 Å². The third kappa shape index (κ3) is 4.77. The van der Waals surface area contributed by atoms with Gasteiger partial charge in [-0.15, -0.1) is 0 Å². The van der Waals surface area contributed by atoms with E-state index in [4.69, 9.17) is 0 Å². The van der Waals surface area contributed by atoms with Crippen molar-refractivity contribution in [3.8, 4) is 5.75 Å². The molecular formula is C15H16F2N4O3. The minimum atomic E-state index is -2.98. The predicted molar refractivity (Wildman–Crippen MR) is 80.4 cm³/mol. The Labute approximate surface area is 136 Å². The van der Waals surface area contributed by atoms with Crippen LogP contribution in [-0.4, -0.2) is 28.2 Å². The molecule has 2 amide bonds. The van der Waals surface area contributed by atoms with Crippen LogP contribution >= 0.6 is 0 Å². The third-order valence-corrected chi connectivity index (χ3v) is 3.03. The Hall–Kier alpha value is -2.97. The first-order valence-corrected chi connectivity index (χ1v) is 7.00. The highest BCUT2D eigenvalue weighted by molar-refractivity contribution is 5.95. The molecule has 0 fully saturated rings. The number of aryl methyl sites for hydroxylation is 2. The Kier molecular flexibility index (Phi) is 5.46. The smallest absolute Gasteiger partial charge is 0.387 e. The molecule has 0 aliphatic heterocycles. The SMILES string of the molecule is Cc1cc(C)n(CC(=O)NNC(=O)c2cccc(OC(F)F)c2)n1. The van der Waals surface area contributed by atoms with Crippen LogP contribution in [0.15, 0.2) is 30.3 Å². The van der Waals surface area contributed by atoms with E-state index in [2.05, 4.69) is 20.7 Å². The number of carbonyl (C=O) groups excluding carboxylic acids is 2. The fraction of sp³-hybridized carbons (Fsp3) is 0.267. The van der Waals surface area contributed by atoms with Crippen LogP contribution in [0, 0.1) is 13.8 Å². The predicted octanol–water partition coefficient (Wildman–Crippen LogP) is 1.56. The fourth-order valence-electron chi connectivity index (χ4n) is 2.02. The summed E-state index contributed by atoms with van der Waals surface area (Å²) in [5.41, 5.74) is 6.10. The number of alkyl halides is 2. The summed E-state index contributed by atoms with van der Waals surface area (Å²) in [6, 6.07) is 7.06. The van der Waals surface area contributed by atoms with Crippen LogP contribution < -0.4 is 15.6 Å². The standard InChI is InChI=1S/C15H16F2N4O3/c1-9-6-10(2)21(20-9)8-13(22)18-19-14(23)11-4-3-5-12(7-11)24-15(16)17/h3-7,15H,8H2,1-2H3,(H,18,22)(H,19,23). The number of hydrogen-bond acceptors (Lipinski definition) is 4. The second kappa shape index (κ2) is 7.53. The molecule has 2 rings (SSSR count). The van der Waals surface area contributed by atoms with Gasteiger partial charge < -0.3 is 4.74 Å². The summed E-state index contributed by atoms with van der Waals surface area (Å²) in [5, 5.41) is 4.13. The maximum atomic E-state index is 12.2. The quantitative estimate of drug-likeness (QED) is 0.810. The van der Waals surface area contributed by atoms with E-state index in [0.29, 0.717) is 0 Å². The van der Waals surface area contributed by atoms with Crippen molar-refractivity contribution < 1.29 is 23.1 Å². The van der Waals surface area contributed by atoms with Crippen LogP contribution in [0.25, 0.3) is 0 Å². The van der Waals surface area contributed by atoms with Gasteiger partial charge in [-0.25, -0.2) is 0 Å². The van der Waals surface area contributed by atoms with Crippen molar-refractivity contribution in [3.63, 3.8) is 0 Å². The minimum Gasteiger partial charge on any atom is -0.435 e. The number of hydrogen-bond donors (Lipinski definition) is 2. The largest absolute Gasteiger partial charge is 0.435 e. The molecule has 0 aliphatic carbocycles. The number of amides is 2. The first-order valence-electron chi connectivity index (χ1n) is 7.00. The van der Waals surface area contributed by atoms with Gasteiger partial charge in [0.1, 0.15) is 12.3 Å². The lowest BCUT2D eigenvalue weighted by Gasteiger charge is -2.09. The minimum absolute atomic E-state index is 0.0610. The summed E-state index contributed by atoms with van der Waals surface area (Å²) in [6.45, 7) is 0.565. The summed E-state index contributed by atoms with van der Waals surface area (Å²) in [4.78, 5) is 23.7. The van der Waals surface area contributed by atoms with E-state index in [1.807, 2.05) is 6.07 Å². The zero-order chi connectivity index (χ0) is 17.7. The van der Waals surface area contributed by atoms with Gasteiger partial charge in [0.15, 0.2) is 0 Å². The number of carbonyl (C=O) groups is 2. The monoisotopic (exact) mass is 338 g/mol. The molecule has 0 bridgehead atoms.